The van der Waals surface area contributed by atoms with Crippen LogP contribution in [0.1, 0.15) is 19.4 Å². The summed E-state index contributed by atoms with van der Waals surface area (Å²) >= 11 is 0. The molecule has 1 aliphatic rings. The van der Waals surface area contributed by atoms with Gasteiger partial charge < -0.3 is 10.0 Å². The average Bonchev–Trinajstić information content (AvgIpc) is 2.33. The van der Waals surface area contributed by atoms with Crippen LogP contribution in [0.2, 0.25) is 0 Å². The molecule has 0 aliphatic carbocycles. The van der Waals surface area contributed by atoms with Crippen molar-refractivity contribution < 1.29 is 10.0 Å². The van der Waals surface area contributed by atoms with Gasteiger partial charge in [-0.3, -0.25) is 10.1 Å². The molecule has 1 N–H and O–H groups in total. The second-order valence-electron chi connectivity index (χ2n) is 5.19. The number of nitriles is 1. The van der Waals surface area contributed by atoms with Crippen molar-refractivity contribution in [3.63, 3.8) is 0 Å². The molecule has 1 aromatic carbocycles. The Morgan fingerprint density at radius 1 is 1.53 bits per heavy atom. The minimum Gasteiger partial charge on any atom is -0.386 e. The summed E-state index contributed by atoms with van der Waals surface area (Å²) in [5.74, 6) is 0.0851. The number of benzene rings is 1. The number of hydrogen-bond donors (Lipinski definition) is 1. The normalized spacial score (nSPS) is 16.9. The largest absolute Gasteiger partial charge is 0.386 e. The Balaban J connectivity index is 2.31. The van der Waals surface area contributed by atoms with E-state index in [1.54, 1.807) is 4.90 Å². The van der Waals surface area contributed by atoms with Crippen LogP contribution < -0.4 is 4.90 Å². The predicted octanol–water partition coefficient (Wildman–Crippen LogP) is 1.67. The smallest absolute Gasteiger partial charge is 0.292 e. The van der Waals surface area contributed by atoms with Gasteiger partial charge in [-0.1, -0.05) is 13.8 Å². The van der Waals surface area contributed by atoms with E-state index in [-0.39, 0.29) is 11.6 Å². The number of nitro groups is 1. The molecule has 19 heavy (non-hydrogen) atoms. The molecule has 6 heteroatoms. The van der Waals surface area contributed by atoms with E-state index in [0.717, 1.165) is 0 Å². The highest BCUT2D eigenvalue weighted by Crippen LogP contribution is 2.38. The minimum atomic E-state index is -0.809. The summed E-state index contributed by atoms with van der Waals surface area (Å²) in [4.78, 5) is 12.3. The van der Waals surface area contributed by atoms with E-state index in [4.69, 9.17) is 5.26 Å². The quantitative estimate of drug-likeness (QED) is 0.660. The molecule has 100 valence electrons. The van der Waals surface area contributed by atoms with Gasteiger partial charge >= 0.3 is 0 Å². The van der Waals surface area contributed by atoms with Crippen molar-refractivity contribution in [2.75, 3.05) is 18.0 Å². The molecule has 6 nitrogen and oxygen atoms in total. The molecule has 1 aromatic rings. The molecule has 0 aromatic heterocycles. The number of nitrogens with zero attached hydrogens (tertiary/aromatic N) is 3. The van der Waals surface area contributed by atoms with Crippen LogP contribution in [-0.2, 0) is 0 Å². The third kappa shape index (κ3) is 2.25. The Morgan fingerprint density at radius 2 is 2.16 bits per heavy atom. The molecule has 0 unspecified atom stereocenters. The number of hydrogen-bond acceptors (Lipinski definition) is 5. The van der Waals surface area contributed by atoms with E-state index in [0.29, 0.717) is 24.3 Å². The fourth-order valence-corrected chi connectivity index (χ4v) is 2.15. The van der Waals surface area contributed by atoms with Crippen molar-refractivity contribution in [3.8, 4) is 6.07 Å². The van der Waals surface area contributed by atoms with Gasteiger partial charge in [-0.15, -0.1) is 0 Å². The number of nitro benzene ring substituents is 1. The molecule has 1 heterocycles. The van der Waals surface area contributed by atoms with E-state index in [2.05, 4.69) is 0 Å². The summed E-state index contributed by atoms with van der Waals surface area (Å²) in [7, 11) is 0. The molecule has 0 spiro atoms. The molecule has 0 saturated carbocycles. The molecule has 1 saturated heterocycles. The summed E-state index contributed by atoms with van der Waals surface area (Å²) in [6.07, 6.45) is 0. The highest BCUT2D eigenvalue weighted by atomic mass is 16.6. The van der Waals surface area contributed by atoms with Crippen LogP contribution in [0.4, 0.5) is 11.4 Å². The van der Waals surface area contributed by atoms with Crippen LogP contribution in [0.3, 0.4) is 0 Å². The first-order valence-electron chi connectivity index (χ1n) is 6.03. The van der Waals surface area contributed by atoms with Gasteiger partial charge in [0.15, 0.2) is 0 Å². The third-order valence-electron chi connectivity index (χ3n) is 3.65. The fourth-order valence-electron chi connectivity index (χ4n) is 2.15. The molecule has 0 amide bonds. The molecule has 0 bridgehead atoms. The van der Waals surface area contributed by atoms with Crippen molar-refractivity contribution in [2.45, 2.75) is 19.4 Å². The lowest BCUT2D eigenvalue weighted by molar-refractivity contribution is -0.384. The molecule has 1 fully saturated rings. The number of rotatable bonds is 3. The van der Waals surface area contributed by atoms with Gasteiger partial charge in [-0.2, -0.15) is 5.26 Å². The van der Waals surface area contributed by atoms with Crippen LogP contribution in [0.15, 0.2) is 18.2 Å². The first-order chi connectivity index (χ1) is 8.87. The molecular weight excluding hydrogens is 246 g/mol. The topological polar surface area (TPSA) is 90.4 Å². The van der Waals surface area contributed by atoms with Crippen LogP contribution in [-0.4, -0.2) is 28.7 Å². The molecule has 1 aliphatic heterocycles. The zero-order valence-electron chi connectivity index (χ0n) is 10.8. The van der Waals surface area contributed by atoms with Crippen molar-refractivity contribution in [1.29, 1.82) is 5.26 Å². The maximum atomic E-state index is 11.0. The van der Waals surface area contributed by atoms with E-state index in [9.17, 15) is 15.2 Å². The first kappa shape index (κ1) is 13.3. The Hall–Kier alpha value is -2.13. The predicted molar refractivity (Wildman–Crippen MR) is 69.8 cm³/mol. The van der Waals surface area contributed by atoms with Gasteiger partial charge in [0, 0.05) is 19.2 Å². The standard InChI is InChI=1S/C13H15N3O3/c1-9(2)13(17)7-15(8-13)12-5-10(6-14)3-4-11(12)16(18)19/h3-5,9,17H,7-8H2,1-2H3. The Morgan fingerprint density at radius 3 is 2.63 bits per heavy atom. The highest BCUT2D eigenvalue weighted by molar-refractivity contribution is 5.67. The summed E-state index contributed by atoms with van der Waals surface area (Å²) in [6, 6.07) is 6.23. The number of aliphatic hydroxyl groups is 1. The highest BCUT2D eigenvalue weighted by Gasteiger charge is 2.45. The molecule has 2 rings (SSSR count). The zero-order valence-corrected chi connectivity index (χ0v) is 10.8. The second-order valence-corrected chi connectivity index (χ2v) is 5.19. The van der Waals surface area contributed by atoms with Gasteiger partial charge in [0.05, 0.1) is 16.6 Å². The average molecular weight is 261 g/mol. The lowest BCUT2D eigenvalue weighted by atomic mass is 9.82. The van der Waals surface area contributed by atoms with Crippen molar-refractivity contribution >= 4 is 11.4 Å². The molecule has 0 atom stereocenters. The number of β-amino-alcohol motifs (C(OH)–C–C–N with tert-alkyl or cyclic N) is 1. The van der Waals surface area contributed by atoms with Gasteiger partial charge in [-0.25, -0.2) is 0 Å². The molecule has 0 radical (unpaired) electrons. The molecular formula is C13H15N3O3. The lowest BCUT2D eigenvalue weighted by Gasteiger charge is -2.50. The van der Waals surface area contributed by atoms with Crippen molar-refractivity contribution in [1.82, 2.24) is 0 Å². The van der Waals surface area contributed by atoms with Gasteiger partial charge in [0.25, 0.3) is 5.69 Å². The summed E-state index contributed by atoms with van der Waals surface area (Å²) < 4.78 is 0. The van der Waals surface area contributed by atoms with Crippen molar-refractivity contribution in [2.24, 2.45) is 5.92 Å². The van der Waals surface area contributed by atoms with Crippen LogP contribution >= 0.6 is 0 Å². The van der Waals surface area contributed by atoms with Crippen LogP contribution in [0.5, 0.6) is 0 Å². The van der Waals surface area contributed by atoms with Crippen LogP contribution in [0, 0.1) is 27.4 Å². The second kappa shape index (κ2) is 4.52. The summed E-state index contributed by atoms with van der Waals surface area (Å²) in [6.45, 7) is 4.52. The lowest BCUT2D eigenvalue weighted by Crippen LogP contribution is -2.64. The van der Waals surface area contributed by atoms with E-state index in [1.807, 2.05) is 19.9 Å². The Labute approximate surface area is 111 Å². The van der Waals surface area contributed by atoms with E-state index < -0.39 is 10.5 Å². The zero-order chi connectivity index (χ0) is 14.2. The fraction of sp³-hybridized carbons (Fsp3) is 0.462. The summed E-state index contributed by atoms with van der Waals surface area (Å²) in [5.41, 5.74) is -0.0731. The van der Waals surface area contributed by atoms with Gasteiger partial charge in [0.2, 0.25) is 0 Å². The first-order valence-corrected chi connectivity index (χ1v) is 6.03. The monoisotopic (exact) mass is 261 g/mol. The van der Waals surface area contributed by atoms with Gasteiger partial charge in [-0.05, 0) is 18.1 Å². The minimum absolute atomic E-state index is 0.0372. The van der Waals surface area contributed by atoms with Gasteiger partial charge in [0.1, 0.15) is 11.3 Å². The van der Waals surface area contributed by atoms with E-state index >= 15 is 0 Å². The SMILES string of the molecule is CC(C)C1(O)CN(c2cc(C#N)ccc2[N+](=O)[O-])C1. The van der Waals surface area contributed by atoms with Crippen molar-refractivity contribution in [3.05, 3.63) is 33.9 Å². The van der Waals surface area contributed by atoms with E-state index in [1.165, 1.54) is 18.2 Å². The Kier molecular flexibility index (Phi) is 3.16. The third-order valence-corrected chi connectivity index (χ3v) is 3.65. The Bertz CT molecular complexity index is 557. The summed E-state index contributed by atoms with van der Waals surface area (Å²) in [5, 5.41) is 30.1. The maximum Gasteiger partial charge on any atom is 0.292 e. The maximum absolute atomic E-state index is 11.0. The number of anilines is 1. The van der Waals surface area contributed by atoms with Crippen LogP contribution in [0.25, 0.3) is 0 Å².